The first kappa shape index (κ1) is 16.8. The molecule has 0 aliphatic carbocycles. The lowest BCUT2D eigenvalue weighted by Crippen LogP contribution is -2.09. The second-order valence-electron chi connectivity index (χ2n) is 4.65. The van der Waals surface area contributed by atoms with Gasteiger partial charge in [-0.15, -0.1) is 0 Å². The highest BCUT2D eigenvalue weighted by Gasteiger charge is 2.10. The first-order valence-corrected chi connectivity index (χ1v) is 7.48. The van der Waals surface area contributed by atoms with Gasteiger partial charge in [-0.05, 0) is 36.8 Å². The summed E-state index contributed by atoms with van der Waals surface area (Å²) in [7, 11) is 0. The molecule has 4 nitrogen and oxygen atoms in total. The lowest BCUT2D eigenvalue weighted by molar-refractivity contribution is -0.111. The van der Waals surface area contributed by atoms with Crippen LogP contribution in [0.2, 0.25) is 5.02 Å². The third kappa shape index (κ3) is 4.97. The molecule has 2 aromatic carbocycles. The Morgan fingerprint density at radius 3 is 2.57 bits per heavy atom. The number of carbonyl (C=O) groups excluding carboxylic acids is 2. The van der Waals surface area contributed by atoms with Crippen LogP contribution in [0.5, 0.6) is 0 Å². The molecule has 0 fully saturated rings. The number of benzene rings is 2. The topological polar surface area (TPSA) is 55.4 Å². The van der Waals surface area contributed by atoms with E-state index < -0.39 is 5.97 Å². The summed E-state index contributed by atoms with van der Waals surface area (Å²) < 4.78 is 4.90. The number of anilines is 1. The van der Waals surface area contributed by atoms with Crippen molar-refractivity contribution >= 4 is 35.2 Å². The number of amides is 1. The summed E-state index contributed by atoms with van der Waals surface area (Å²) in [6.07, 6.45) is 3.13. The van der Waals surface area contributed by atoms with E-state index in [2.05, 4.69) is 5.32 Å². The third-order valence-corrected chi connectivity index (χ3v) is 3.28. The molecule has 0 atom stereocenters. The number of rotatable bonds is 5. The van der Waals surface area contributed by atoms with Gasteiger partial charge in [-0.2, -0.15) is 0 Å². The van der Waals surface area contributed by atoms with Crippen molar-refractivity contribution in [3.8, 4) is 0 Å². The van der Waals surface area contributed by atoms with Gasteiger partial charge >= 0.3 is 5.97 Å². The minimum Gasteiger partial charge on any atom is -0.462 e. The van der Waals surface area contributed by atoms with Crippen molar-refractivity contribution in [1.82, 2.24) is 0 Å². The van der Waals surface area contributed by atoms with Gasteiger partial charge in [0, 0.05) is 6.08 Å². The fourth-order valence-corrected chi connectivity index (χ4v) is 2.10. The Hall–Kier alpha value is -2.59. The van der Waals surface area contributed by atoms with Crippen LogP contribution in [-0.2, 0) is 9.53 Å². The molecule has 0 aliphatic heterocycles. The quantitative estimate of drug-likeness (QED) is 0.661. The van der Waals surface area contributed by atoms with Crippen LogP contribution in [0.25, 0.3) is 6.08 Å². The molecule has 0 saturated carbocycles. The van der Waals surface area contributed by atoms with Crippen LogP contribution >= 0.6 is 11.6 Å². The van der Waals surface area contributed by atoms with Crippen LogP contribution in [0.15, 0.2) is 54.6 Å². The summed E-state index contributed by atoms with van der Waals surface area (Å²) >= 11 is 6.09. The summed E-state index contributed by atoms with van der Waals surface area (Å²) in [5.74, 6) is -0.754. The summed E-state index contributed by atoms with van der Waals surface area (Å²) in [6, 6.07) is 14.1. The average molecular weight is 330 g/mol. The Morgan fingerprint density at radius 1 is 1.17 bits per heavy atom. The van der Waals surface area contributed by atoms with Crippen molar-refractivity contribution in [2.75, 3.05) is 11.9 Å². The Kier molecular flexibility index (Phi) is 5.94. The number of esters is 1. The Labute approximate surface area is 139 Å². The maximum Gasteiger partial charge on any atom is 0.338 e. The van der Waals surface area contributed by atoms with Crippen molar-refractivity contribution in [3.63, 3.8) is 0 Å². The van der Waals surface area contributed by atoms with E-state index in [1.54, 1.807) is 25.1 Å². The van der Waals surface area contributed by atoms with E-state index in [1.165, 1.54) is 12.1 Å². The smallest absolute Gasteiger partial charge is 0.338 e. The first-order chi connectivity index (χ1) is 11.1. The van der Waals surface area contributed by atoms with Crippen LogP contribution < -0.4 is 5.32 Å². The molecule has 0 heterocycles. The Morgan fingerprint density at radius 2 is 1.91 bits per heavy atom. The summed E-state index contributed by atoms with van der Waals surface area (Å²) in [6.45, 7) is 2.02. The van der Waals surface area contributed by atoms with E-state index in [9.17, 15) is 9.59 Å². The molecular weight excluding hydrogens is 314 g/mol. The Bertz CT molecular complexity index is 726. The van der Waals surface area contributed by atoms with Gasteiger partial charge < -0.3 is 10.1 Å². The molecule has 1 amide bonds. The fraction of sp³-hybridized carbons (Fsp3) is 0.111. The van der Waals surface area contributed by atoms with E-state index in [1.807, 2.05) is 30.3 Å². The molecular formula is C18H16ClNO3. The average Bonchev–Trinajstić information content (AvgIpc) is 2.56. The molecule has 2 aromatic rings. The summed E-state index contributed by atoms with van der Waals surface area (Å²) in [5.41, 5.74) is 1.70. The maximum atomic E-state index is 11.9. The van der Waals surface area contributed by atoms with Crippen molar-refractivity contribution in [2.24, 2.45) is 0 Å². The summed E-state index contributed by atoms with van der Waals surface area (Å²) in [4.78, 5) is 23.5. The van der Waals surface area contributed by atoms with Crippen molar-refractivity contribution in [1.29, 1.82) is 0 Å². The number of nitrogens with one attached hydrogen (secondary N) is 1. The molecule has 0 aromatic heterocycles. The zero-order valence-electron chi connectivity index (χ0n) is 12.6. The van der Waals surface area contributed by atoms with Gasteiger partial charge in [0.25, 0.3) is 0 Å². The summed E-state index contributed by atoms with van der Waals surface area (Å²) in [5, 5.41) is 2.94. The molecule has 0 saturated heterocycles. The maximum absolute atomic E-state index is 11.9. The molecule has 0 aliphatic rings. The van der Waals surface area contributed by atoms with Gasteiger partial charge in [0.1, 0.15) is 0 Å². The van der Waals surface area contributed by atoms with Crippen LogP contribution in [0, 0.1) is 0 Å². The van der Waals surface area contributed by atoms with Crippen molar-refractivity contribution in [2.45, 2.75) is 6.92 Å². The van der Waals surface area contributed by atoms with Gasteiger partial charge in [0.2, 0.25) is 5.91 Å². The minimum absolute atomic E-state index is 0.275. The monoisotopic (exact) mass is 329 g/mol. The van der Waals surface area contributed by atoms with Crippen LogP contribution in [0.4, 0.5) is 5.69 Å². The standard InChI is InChI=1S/C18H16ClNO3/c1-2-23-18(22)14-9-10-16(15(19)12-14)20-17(21)11-8-13-6-4-3-5-7-13/h3-12H,2H2,1H3,(H,20,21)/b11-8+. The van der Waals surface area contributed by atoms with E-state index in [0.29, 0.717) is 17.9 Å². The molecule has 0 radical (unpaired) electrons. The first-order valence-electron chi connectivity index (χ1n) is 7.11. The molecule has 1 N–H and O–H groups in total. The van der Waals surface area contributed by atoms with Crippen LogP contribution in [-0.4, -0.2) is 18.5 Å². The van der Waals surface area contributed by atoms with Gasteiger partial charge in [-0.3, -0.25) is 4.79 Å². The lowest BCUT2D eigenvalue weighted by atomic mass is 10.2. The molecule has 2 rings (SSSR count). The normalized spacial score (nSPS) is 10.5. The molecule has 0 bridgehead atoms. The van der Waals surface area contributed by atoms with E-state index in [0.717, 1.165) is 5.56 Å². The highest BCUT2D eigenvalue weighted by atomic mass is 35.5. The zero-order valence-corrected chi connectivity index (χ0v) is 13.3. The minimum atomic E-state index is -0.448. The number of carbonyl (C=O) groups is 2. The van der Waals surface area contributed by atoms with E-state index in [4.69, 9.17) is 16.3 Å². The van der Waals surface area contributed by atoms with E-state index >= 15 is 0 Å². The Balaban J connectivity index is 2.04. The number of hydrogen-bond donors (Lipinski definition) is 1. The molecule has 118 valence electrons. The van der Waals surface area contributed by atoms with Crippen LogP contribution in [0.3, 0.4) is 0 Å². The van der Waals surface area contributed by atoms with Crippen molar-refractivity contribution < 1.29 is 14.3 Å². The highest BCUT2D eigenvalue weighted by Crippen LogP contribution is 2.23. The van der Waals surface area contributed by atoms with E-state index in [-0.39, 0.29) is 10.9 Å². The number of hydrogen-bond acceptors (Lipinski definition) is 3. The SMILES string of the molecule is CCOC(=O)c1ccc(NC(=O)/C=C/c2ccccc2)c(Cl)c1. The van der Waals surface area contributed by atoms with Crippen LogP contribution in [0.1, 0.15) is 22.8 Å². The number of halogens is 1. The molecule has 23 heavy (non-hydrogen) atoms. The van der Waals surface area contributed by atoms with Crippen molar-refractivity contribution in [3.05, 3.63) is 70.8 Å². The van der Waals surface area contributed by atoms with Gasteiger partial charge in [-0.1, -0.05) is 41.9 Å². The van der Waals surface area contributed by atoms with Gasteiger partial charge in [0.15, 0.2) is 0 Å². The predicted octanol–water partition coefficient (Wildman–Crippen LogP) is 4.17. The van der Waals surface area contributed by atoms with Gasteiger partial charge in [-0.25, -0.2) is 4.79 Å². The largest absolute Gasteiger partial charge is 0.462 e. The second kappa shape index (κ2) is 8.15. The predicted molar refractivity (Wildman–Crippen MR) is 91.5 cm³/mol. The number of ether oxygens (including phenoxy) is 1. The highest BCUT2D eigenvalue weighted by molar-refractivity contribution is 6.34. The zero-order chi connectivity index (χ0) is 16.7. The third-order valence-electron chi connectivity index (χ3n) is 2.96. The molecule has 5 heteroatoms. The lowest BCUT2D eigenvalue weighted by Gasteiger charge is -2.07. The molecule has 0 spiro atoms. The van der Waals surface area contributed by atoms with Gasteiger partial charge in [0.05, 0.1) is 22.9 Å². The molecule has 0 unspecified atom stereocenters. The fourth-order valence-electron chi connectivity index (χ4n) is 1.87. The second-order valence-corrected chi connectivity index (χ2v) is 5.06.